The number of carbonyl (C=O) groups is 1. The lowest BCUT2D eigenvalue weighted by Gasteiger charge is -2.24. The second kappa shape index (κ2) is 9.43. The standard InChI is InChI=1S/C25H27N3O2S/c1-19-8-9-22(16-20(19)2)25-23(10-11-24(29)27-12-14-31(30)15-13-27)18-28(26-25)17-21-6-4-3-5-7-21/h3-11,16,18H,12-15,17H2,1-2H3/b11-10+. The predicted molar refractivity (Wildman–Crippen MR) is 126 cm³/mol. The molecule has 0 unspecified atom stereocenters. The van der Waals surface area contributed by atoms with Gasteiger partial charge in [-0.1, -0.05) is 42.5 Å². The van der Waals surface area contributed by atoms with Crippen LogP contribution < -0.4 is 0 Å². The number of aryl methyl sites for hydroxylation is 2. The third-order valence-corrected chi connectivity index (χ3v) is 6.93. The van der Waals surface area contributed by atoms with Crippen molar-refractivity contribution in [2.75, 3.05) is 24.6 Å². The third-order valence-electron chi connectivity index (χ3n) is 5.65. The molecular weight excluding hydrogens is 406 g/mol. The molecule has 0 radical (unpaired) electrons. The van der Waals surface area contributed by atoms with Crippen LogP contribution in [-0.2, 0) is 22.1 Å². The molecule has 0 N–H and O–H groups in total. The Kier molecular flexibility index (Phi) is 6.47. The molecule has 160 valence electrons. The number of carbonyl (C=O) groups excluding carboxylic acids is 1. The molecule has 0 spiro atoms. The average Bonchev–Trinajstić information content (AvgIpc) is 3.17. The highest BCUT2D eigenvalue weighted by Gasteiger charge is 2.18. The van der Waals surface area contributed by atoms with Gasteiger partial charge < -0.3 is 4.90 Å². The van der Waals surface area contributed by atoms with E-state index in [9.17, 15) is 9.00 Å². The highest BCUT2D eigenvalue weighted by molar-refractivity contribution is 7.85. The van der Waals surface area contributed by atoms with E-state index >= 15 is 0 Å². The van der Waals surface area contributed by atoms with Crippen molar-refractivity contribution in [1.82, 2.24) is 14.7 Å². The van der Waals surface area contributed by atoms with Crippen LogP contribution >= 0.6 is 0 Å². The Morgan fingerprint density at radius 1 is 1.06 bits per heavy atom. The van der Waals surface area contributed by atoms with E-state index in [-0.39, 0.29) is 5.91 Å². The van der Waals surface area contributed by atoms with Crippen molar-refractivity contribution < 1.29 is 9.00 Å². The van der Waals surface area contributed by atoms with Crippen molar-refractivity contribution in [3.8, 4) is 11.3 Å². The average molecular weight is 434 g/mol. The lowest BCUT2D eigenvalue weighted by molar-refractivity contribution is -0.125. The third kappa shape index (κ3) is 5.20. The lowest BCUT2D eigenvalue weighted by atomic mass is 10.0. The number of hydrogen-bond donors (Lipinski definition) is 0. The summed E-state index contributed by atoms with van der Waals surface area (Å²) in [6, 6.07) is 16.5. The van der Waals surface area contributed by atoms with Crippen LogP contribution in [0.2, 0.25) is 0 Å². The van der Waals surface area contributed by atoms with Gasteiger partial charge in [-0.15, -0.1) is 0 Å². The minimum Gasteiger partial charge on any atom is -0.337 e. The summed E-state index contributed by atoms with van der Waals surface area (Å²) in [6.45, 7) is 5.95. The van der Waals surface area contributed by atoms with Crippen LogP contribution in [0.25, 0.3) is 17.3 Å². The van der Waals surface area contributed by atoms with Crippen LogP contribution in [0.1, 0.15) is 22.3 Å². The molecule has 2 heterocycles. The maximum Gasteiger partial charge on any atom is 0.246 e. The van der Waals surface area contributed by atoms with E-state index in [0.29, 0.717) is 31.1 Å². The second-order valence-electron chi connectivity index (χ2n) is 7.92. The Morgan fingerprint density at radius 3 is 2.52 bits per heavy atom. The number of aromatic nitrogens is 2. The molecule has 0 aliphatic carbocycles. The van der Waals surface area contributed by atoms with Gasteiger partial charge in [0.1, 0.15) is 0 Å². The first-order chi connectivity index (χ1) is 15.0. The molecule has 2 aromatic carbocycles. The van der Waals surface area contributed by atoms with Crippen molar-refractivity contribution >= 4 is 22.8 Å². The summed E-state index contributed by atoms with van der Waals surface area (Å²) >= 11 is 0. The summed E-state index contributed by atoms with van der Waals surface area (Å²) in [6.07, 6.45) is 5.46. The molecule has 1 aliphatic rings. The number of hydrogen-bond acceptors (Lipinski definition) is 3. The highest BCUT2D eigenvalue weighted by atomic mass is 32.2. The fourth-order valence-corrected chi connectivity index (χ4v) is 4.70. The van der Waals surface area contributed by atoms with Crippen LogP contribution in [0.4, 0.5) is 0 Å². The topological polar surface area (TPSA) is 55.2 Å². The van der Waals surface area contributed by atoms with Gasteiger partial charge >= 0.3 is 0 Å². The normalized spacial score (nSPS) is 15.0. The van der Waals surface area contributed by atoms with E-state index in [0.717, 1.165) is 16.8 Å². The van der Waals surface area contributed by atoms with Gasteiger partial charge in [0, 0.05) is 58.8 Å². The Hall–Kier alpha value is -2.99. The van der Waals surface area contributed by atoms with Crippen LogP contribution in [0.3, 0.4) is 0 Å². The molecule has 1 amide bonds. The molecule has 0 atom stereocenters. The van der Waals surface area contributed by atoms with Gasteiger partial charge in [0.25, 0.3) is 0 Å². The zero-order valence-corrected chi connectivity index (χ0v) is 18.8. The number of benzene rings is 2. The van der Waals surface area contributed by atoms with E-state index in [4.69, 9.17) is 5.10 Å². The Morgan fingerprint density at radius 2 is 1.81 bits per heavy atom. The summed E-state index contributed by atoms with van der Waals surface area (Å²) < 4.78 is 13.5. The van der Waals surface area contributed by atoms with Crippen molar-refractivity contribution in [3.63, 3.8) is 0 Å². The van der Waals surface area contributed by atoms with Gasteiger partial charge in [0.05, 0.1) is 12.2 Å². The summed E-state index contributed by atoms with van der Waals surface area (Å²) in [5.74, 6) is 1.07. The summed E-state index contributed by atoms with van der Waals surface area (Å²) in [7, 11) is -0.798. The van der Waals surface area contributed by atoms with Crippen molar-refractivity contribution in [1.29, 1.82) is 0 Å². The lowest BCUT2D eigenvalue weighted by Crippen LogP contribution is -2.40. The quantitative estimate of drug-likeness (QED) is 0.575. The van der Waals surface area contributed by atoms with Crippen molar-refractivity contribution in [3.05, 3.63) is 83.1 Å². The van der Waals surface area contributed by atoms with E-state index in [1.54, 1.807) is 11.0 Å². The minimum absolute atomic E-state index is 0.0430. The van der Waals surface area contributed by atoms with E-state index in [1.165, 1.54) is 16.7 Å². The molecule has 1 saturated heterocycles. The maximum absolute atomic E-state index is 12.6. The molecule has 1 fully saturated rings. The number of amides is 1. The molecule has 6 heteroatoms. The zero-order chi connectivity index (χ0) is 21.8. The van der Waals surface area contributed by atoms with Gasteiger partial charge in [0.15, 0.2) is 0 Å². The smallest absolute Gasteiger partial charge is 0.246 e. The molecular formula is C25H27N3O2S. The molecule has 1 aromatic heterocycles. The van der Waals surface area contributed by atoms with Gasteiger partial charge in [-0.2, -0.15) is 5.10 Å². The van der Waals surface area contributed by atoms with Crippen LogP contribution in [-0.4, -0.2) is 49.4 Å². The molecule has 31 heavy (non-hydrogen) atoms. The van der Waals surface area contributed by atoms with Crippen molar-refractivity contribution in [2.24, 2.45) is 0 Å². The Labute approximate surface area is 185 Å². The van der Waals surface area contributed by atoms with Gasteiger partial charge in [-0.05, 0) is 42.7 Å². The van der Waals surface area contributed by atoms with Crippen LogP contribution in [0.5, 0.6) is 0 Å². The first-order valence-corrected chi connectivity index (χ1v) is 12.0. The first-order valence-electron chi connectivity index (χ1n) is 10.5. The Balaban J connectivity index is 1.63. The SMILES string of the molecule is Cc1ccc(-c2nn(Cc3ccccc3)cc2/C=C/C(=O)N2CCS(=O)CC2)cc1C. The molecule has 5 nitrogen and oxygen atoms in total. The molecule has 0 saturated carbocycles. The van der Waals surface area contributed by atoms with Crippen LogP contribution in [0, 0.1) is 13.8 Å². The molecule has 1 aliphatic heterocycles. The van der Waals surface area contributed by atoms with Crippen LogP contribution in [0.15, 0.2) is 60.8 Å². The summed E-state index contributed by atoms with van der Waals surface area (Å²) in [5.41, 5.74) is 6.43. The minimum atomic E-state index is -0.798. The molecule has 3 aromatic rings. The van der Waals surface area contributed by atoms with E-state index in [1.807, 2.05) is 35.2 Å². The fourth-order valence-electron chi connectivity index (χ4n) is 3.65. The largest absolute Gasteiger partial charge is 0.337 e. The maximum atomic E-state index is 12.6. The van der Waals surface area contributed by atoms with E-state index < -0.39 is 10.8 Å². The molecule has 0 bridgehead atoms. The van der Waals surface area contributed by atoms with E-state index in [2.05, 4.69) is 44.2 Å². The highest BCUT2D eigenvalue weighted by Crippen LogP contribution is 2.26. The predicted octanol–water partition coefficient (Wildman–Crippen LogP) is 3.82. The fraction of sp³-hybridized carbons (Fsp3) is 0.280. The zero-order valence-electron chi connectivity index (χ0n) is 18.0. The summed E-state index contributed by atoms with van der Waals surface area (Å²) in [4.78, 5) is 14.4. The number of rotatable bonds is 5. The second-order valence-corrected chi connectivity index (χ2v) is 9.62. The Bertz CT molecular complexity index is 1120. The van der Waals surface area contributed by atoms with Crippen molar-refractivity contribution in [2.45, 2.75) is 20.4 Å². The monoisotopic (exact) mass is 433 g/mol. The molecule has 4 rings (SSSR count). The number of nitrogens with zero attached hydrogens (tertiary/aromatic N) is 3. The first kappa shape index (κ1) is 21.2. The van der Waals surface area contributed by atoms with Gasteiger partial charge in [0.2, 0.25) is 5.91 Å². The van der Waals surface area contributed by atoms with Gasteiger partial charge in [-0.25, -0.2) is 0 Å². The summed E-state index contributed by atoms with van der Waals surface area (Å²) in [5, 5.41) is 4.85. The van der Waals surface area contributed by atoms with Gasteiger partial charge in [-0.3, -0.25) is 13.7 Å².